The van der Waals surface area contributed by atoms with E-state index in [2.05, 4.69) is 30.7 Å². The summed E-state index contributed by atoms with van der Waals surface area (Å²) >= 11 is 0. The van der Waals surface area contributed by atoms with Crippen molar-refractivity contribution in [2.45, 2.75) is 32.2 Å². The molecule has 3 heteroatoms. The van der Waals surface area contributed by atoms with Crippen LogP contribution in [0.2, 0.25) is 0 Å². The van der Waals surface area contributed by atoms with Crippen LogP contribution in [0.5, 0.6) is 0 Å². The molecule has 0 fully saturated rings. The fourth-order valence-electron chi connectivity index (χ4n) is 1.66. The smallest absolute Gasteiger partial charge is 0.195 e. The Labute approximate surface area is 90.2 Å². The number of rotatable bonds is 2. The first-order chi connectivity index (χ1) is 7.10. The topological polar surface area (TPSA) is 34.5 Å². The van der Waals surface area contributed by atoms with Gasteiger partial charge in [0, 0.05) is 6.20 Å². The largest absolute Gasteiger partial charge is 0.478 e. The van der Waals surface area contributed by atoms with E-state index in [-0.39, 0.29) is 11.5 Å². The molecular formula is C12H16N2O. The summed E-state index contributed by atoms with van der Waals surface area (Å²) in [6.07, 6.45) is 1.80. The molecule has 0 aliphatic carbocycles. The second-order valence-electron chi connectivity index (χ2n) is 4.43. The number of ether oxygens (including phenoxy) is 1. The quantitative estimate of drug-likeness (QED) is 0.740. The lowest BCUT2D eigenvalue weighted by atomic mass is 9.88. The molecule has 0 unspecified atom stereocenters. The molecule has 2 heterocycles. The van der Waals surface area contributed by atoms with E-state index in [9.17, 15) is 0 Å². The molecule has 1 aromatic heterocycles. The molecule has 0 saturated carbocycles. The van der Waals surface area contributed by atoms with Crippen LogP contribution in [0.3, 0.4) is 0 Å². The summed E-state index contributed by atoms with van der Waals surface area (Å²) in [6, 6.07) is 6.18. The standard InChI is InChI=1S/C12H16N2O/c1-9-8-15-11(14-9)12(2,3)10-6-4-5-7-13-10/h4-7,9H,8H2,1-3H3/t9-/m0/s1. The molecule has 0 bridgehead atoms. The van der Waals surface area contributed by atoms with Crippen LogP contribution in [0.1, 0.15) is 26.5 Å². The molecule has 0 aromatic carbocycles. The molecule has 0 spiro atoms. The zero-order valence-electron chi connectivity index (χ0n) is 9.40. The minimum Gasteiger partial charge on any atom is -0.478 e. The van der Waals surface area contributed by atoms with Gasteiger partial charge in [-0.25, -0.2) is 4.99 Å². The van der Waals surface area contributed by atoms with E-state index < -0.39 is 0 Å². The van der Waals surface area contributed by atoms with Gasteiger partial charge in [0.25, 0.3) is 0 Å². The lowest BCUT2D eigenvalue weighted by Gasteiger charge is -2.22. The van der Waals surface area contributed by atoms with Gasteiger partial charge < -0.3 is 4.74 Å². The van der Waals surface area contributed by atoms with E-state index in [1.54, 1.807) is 6.20 Å². The highest BCUT2D eigenvalue weighted by Crippen LogP contribution is 2.26. The number of aromatic nitrogens is 1. The Hall–Kier alpha value is -1.38. The van der Waals surface area contributed by atoms with Gasteiger partial charge in [0.15, 0.2) is 5.90 Å². The molecule has 3 nitrogen and oxygen atoms in total. The van der Waals surface area contributed by atoms with Crippen molar-refractivity contribution in [2.24, 2.45) is 4.99 Å². The summed E-state index contributed by atoms with van der Waals surface area (Å²) in [5, 5.41) is 0. The van der Waals surface area contributed by atoms with Crippen molar-refractivity contribution in [1.82, 2.24) is 4.98 Å². The van der Waals surface area contributed by atoms with Crippen LogP contribution in [-0.2, 0) is 10.2 Å². The molecule has 1 aliphatic rings. The number of nitrogens with zero attached hydrogens (tertiary/aromatic N) is 2. The van der Waals surface area contributed by atoms with Gasteiger partial charge in [-0.15, -0.1) is 0 Å². The highest BCUT2D eigenvalue weighted by atomic mass is 16.5. The molecule has 15 heavy (non-hydrogen) atoms. The Bertz CT molecular complexity index is 370. The van der Waals surface area contributed by atoms with Crippen molar-refractivity contribution in [3.63, 3.8) is 0 Å². The summed E-state index contributed by atoms with van der Waals surface area (Å²) < 4.78 is 5.59. The lowest BCUT2D eigenvalue weighted by Crippen LogP contribution is -2.30. The molecule has 0 N–H and O–H groups in total. The van der Waals surface area contributed by atoms with E-state index in [0.29, 0.717) is 6.61 Å². The monoisotopic (exact) mass is 204 g/mol. The molecule has 1 atom stereocenters. The molecule has 1 aliphatic heterocycles. The van der Waals surface area contributed by atoms with Crippen molar-refractivity contribution in [1.29, 1.82) is 0 Å². The van der Waals surface area contributed by atoms with Crippen molar-refractivity contribution in [2.75, 3.05) is 6.61 Å². The van der Waals surface area contributed by atoms with Crippen LogP contribution in [-0.4, -0.2) is 23.5 Å². The van der Waals surface area contributed by atoms with Crippen LogP contribution in [0.25, 0.3) is 0 Å². The van der Waals surface area contributed by atoms with Crippen LogP contribution in [0.4, 0.5) is 0 Å². The van der Waals surface area contributed by atoms with Gasteiger partial charge in [-0.1, -0.05) is 6.07 Å². The van der Waals surface area contributed by atoms with E-state index >= 15 is 0 Å². The number of aliphatic imine (C=N–C) groups is 1. The first kappa shape index (κ1) is 10.1. The number of pyridine rings is 1. The molecule has 0 radical (unpaired) electrons. The second-order valence-corrected chi connectivity index (χ2v) is 4.43. The van der Waals surface area contributed by atoms with Crippen LogP contribution >= 0.6 is 0 Å². The van der Waals surface area contributed by atoms with E-state index in [4.69, 9.17) is 4.74 Å². The summed E-state index contributed by atoms with van der Waals surface area (Å²) in [7, 11) is 0. The summed E-state index contributed by atoms with van der Waals surface area (Å²) in [5.74, 6) is 0.800. The van der Waals surface area contributed by atoms with Gasteiger partial charge >= 0.3 is 0 Å². The van der Waals surface area contributed by atoms with E-state index in [1.165, 1.54) is 0 Å². The maximum atomic E-state index is 5.59. The molecular weight excluding hydrogens is 188 g/mol. The fraction of sp³-hybridized carbons (Fsp3) is 0.500. The highest BCUT2D eigenvalue weighted by Gasteiger charge is 2.33. The summed E-state index contributed by atoms with van der Waals surface area (Å²) in [4.78, 5) is 8.85. The number of hydrogen-bond donors (Lipinski definition) is 0. The second kappa shape index (κ2) is 3.65. The van der Waals surface area contributed by atoms with Crippen molar-refractivity contribution in [3.05, 3.63) is 30.1 Å². The van der Waals surface area contributed by atoms with Gasteiger partial charge in [0.05, 0.1) is 17.2 Å². The summed E-state index contributed by atoms with van der Waals surface area (Å²) in [5.41, 5.74) is 0.768. The van der Waals surface area contributed by atoms with Gasteiger partial charge in [-0.2, -0.15) is 0 Å². The lowest BCUT2D eigenvalue weighted by molar-refractivity contribution is 0.298. The SMILES string of the molecule is C[C@H]1COC(C(C)(C)c2ccccn2)=N1. The van der Waals surface area contributed by atoms with Crippen molar-refractivity contribution < 1.29 is 4.74 Å². The third kappa shape index (κ3) is 1.87. The van der Waals surface area contributed by atoms with Crippen molar-refractivity contribution in [3.8, 4) is 0 Å². The average molecular weight is 204 g/mol. The normalized spacial score (nSPS) is 21.0. The highest BCUT2D eigenvalue weighted by molar-refractivity contribution is 5.88. The molecule has 80 valence electrons. The Balaban J connectivity index is 2.31. The van der Waals surface area contributed by atoms with Gasteiger partial charge in [0.1, 0.15) is 6.61 Å². The predicted molar refractivity (Wildman–Crippen MR) is 60.1 cm³/mol. The first-order valence-electron chi connectivity index (χ1n) is 5.23. The van der Waals surface area contributed by atoms with E-state index in [0.717, 1.165) is 11.6 Å². The fourth-order valence-corrected chi connectivity index (χ4v) is 1.66. The van der Waals surface area contributed by atoms with Crippen molar-refractivity contribution >= 4 is 5.90 Å². The maximum Gasteiger partial charge on any atom is 0.195 e. The third-order valence-electron chi connectivity index (χ3n) is 2.64. The third-order valence-corrected chi connectivity index (χ3v) is 2.64. The zero-order valence-corrected chi connectivity index (χ0v) is 9.40. The Morgan fingerprint density at radius 2 is 2.20 bits per heavy atom. The summed E-state index contributed by atoms with van der Waals surface area (Å²) in [6.45, 7) is 6.92. The molecule has 1 aromatic rings. The Kier molecular flexibility index (Phi) is 2.47. The van der Waals surface area contributed by atoms with Crippen LogP contribution < -0.4 is 0 Å². The Morgan fingerprint density at radius 3 is 2.73 bits per heavy atom. The van der Waals surface area contributed by atoms with Gasteiger partial charge in [0.2, 0.25) is 0 Å². The van der Waals surface area contributed by atoms with Crippen LogP contribution in [0, 0.1) is 0 Å². The molecule has 0 saturated heterocycles. The number of hydrogen-bond acceptors (Lipinski definition) is 3. The minimum atomic E-state index is -0.230. The van der Waals surface area contributed by atoms with Crippen LogP contribution in [0.15, 0.2) is 29.4 Å². The molecule has 2 rings (SSSR count). The first-order valence-corrected chi connectivity index (χ1v) is 5.23. The Morgan fingerprint density at radius 1 is 1.40 bits per heavy atom. The minimum absolute atomic E-state index is 0.230. The van der Waals surface area contributed by atoms with E-state index in [1.807, 2.05) is 18.2 Å². The maximum absolute atomic E-state index is 5.59. The average Bonchev–Trinajstić information content (AvgIpc) is 2.67. The predicted octanol–water partition coefficient (Wildman–Crippen LogP) is 2.18. The van der Waals surface area contributed by atoms with Gasteiger partial charge in [-0.3, -0.25) is 4.98 Å². The zero-order chi connectivity index (χ0) is 10.9. The van der Waals surface area contributed by atoms with Gasteiger partial charge in [-0.05, 0) is 32.9 Å². The molecule has 0 amide bonds.